The third-order valence-corrected chi connectivity index (χ3v) is 7.79. The topological polar surface area (TPSA) is 29.5 Å². The van der Waals surface area contributed by atoms with Crippen LogP contribution in [0.1, 0.15) is 65.2 Å². The van der Waals surface area contributed by atoms with Crippen LogP contribution in [0.2, 0.25) is 0 Å². The molecule has 0 aromatic rings. The summed E-state index contributed by atoms with van der Waals surface area (Å²) in [5.74, 6) is 3.17. The second kappa shape index (κ2) is 4.75. The van der Waals surface area contributed by atoms with Crippen molar-refractivity contribution in [3.8, 4) is 0 Å². The first-order chi connectivity index (χ1) is 10.0. The van der Waals surface area contributed by atoms with Gasteiger partial charge in [0.2, 0.25) is 0 Å². The van der Waals surface area contributed by atoms with Crippen LogP contribution in [-0.4, -0.2) is 16.8 Å². The van der Waals surface area contributed by atoms with Crippen molar-refractivity contribution in [1.82, 2.24) is 0 Å². The van der Waals surface area contributed by atoms with Crippen LogP contribution in [0.3, 0.4) is 0 Å². The molecule has 118 valence electrons. The summed E-state index contributed by atoms with van der Waals surface area (Å²) in [7, 11) is 0. The van der Waals surface area contributed by atoms with E-state index in [1.54, 1.807) is 0 Å². The van der Waals surface area contributed by atoms with Crippen molar-refractivity contribution in [3.63, 3.8) is 0 Å². The molecule has 4 aliphatic rings. The highest BCUT2D eigenvalue weighted by molar-refractivity contribution is 5.09. The highest BCUT2D eigenvalue weighted by Gasteiger charge is 2.57. The van der Waals surface area contributed by atoms with Crippen molar-refractivity contribution in [2.24, 2.45) is 29.1 Å². The Hall–Kier alpha value is -0.500. The number of fused-ring (bicyclic) bond motifs is 5. The fraction of sp³-hybridized carbons (Fsp3) is 0.895. The van der Waals surface area contributed by atoms with Crippen LogP contribution in [-0.2, 0) is 4.74 Å². The van der Waals surface area contributed by atoms with Crippen molar-refractivity contribution >= 4 is 0 Å². The van der Waals surface area contributed by atoms with Gasteiger partial charge in [-0.1, -0.05) is 6.92 Å². The van der Waals surface area contributed by atoms with Gasteiger partial charge in [-0.2, -0.15) is 0 Å². The summed E-state index contributed by atoms with van der Waals surface area (Å²) < 4.78 is 6.08. The number of hydrogen-bond donors (Lipinski definition) is 1. The lowest BCUT2D eigenvalue weighted by atomic mass is 9.46. The molecule has 3 saturated carbocycles. The highest BCUT2D eigenvalue weighted by Crippen LogP contribution is 2.62. The first-order valence-electron chi connectivity index (χ1n) is 9.04. The Labute approximate surface area is 129 Å². The van der Waals surface area contributed by atoms with E-state index in [0.29, 0.717) is 11.3 Å². The minimum Gasteiger partial charge on any atom is -0.495 e. The molecule has 7 atom stereocenters. The lowest BCUT2D eigenvalue weighted by Crippen LogP contribution is -2.57. The number of ether oxygens (including phenoxy) is 1. The van der Waals surface area contributed by atoms with Crippen molar-refractivity contribution in [2.75, 3.05) is 0 Å². The Bertz CT molecular complexity index is 445. The average molecular weight is 290 g/mol. The van der Waals surface area contributed by atoms with Gasteiger partial charge < -0.3 is 9.84 Å². The van der Waals surface area contributed by atoms with E-state index in [4.69, 9.17) is 4.74 Å². The number of hydrogen-bond acceptors (Lipinski definition) is 2. The number of aliphatic hydroxyl groups is 1. The summed E-state index contributed by atoms with van der Waals surface area (Å²) in [4.78, 5) is 0. The zero-order valence-corrected chi connectivity index (χ0v) is 13.6. The second-order valence-corrected chi connectivity index (χ2v) is 8.66. The number of aliphatic hydroxyl groups excluding tert-OH is 1. The largest absolute Gasteiger partial charge is 0.495 e. The molecule has 0 aromatic carbocycles. The van der Waals surface area contributed by atoms with Gasteiger partial charge in [-0.25, -0.2) is 0 Å². The molecule has 1 aliphatic heterocycles. The molecule has 0 bridgehead atoms. The quantitative estimate of drug-likeness (QED) is 0.721. The zero-order chi connectivity index (χ0) is 14.7. The van der Waals surface area contributed by atoms with Crippen LogP contribution in [0.4, 0.5) is 0 Å². The lowest BCUT2D eigenvalue weighted by Gasteiger charge is -2.61. The van der Waals surface area contributed by atoms with Crippen LogP contribution in [0.25, 0.3) is 0 Å². The Kier molecular flexibility index (Phi) is 3.19. The van der Waals surface area contributed by atoms with Crippen molar-refractivity contribution in [1.29, 1.82) is 0 Å². The van der Waals surface area contributed by atoms with E-state index in [2.05, 4.69) is 19.9 Å². The molecule has 0 saturated heterocycles. The Morgan fingerprint density at radius 3 is 2.76 bits per heavy atom. The van der Waals surface area contributed by atoms with Crippen LogP contribution < -0.4 is 0 Å². The van der Waals surface area contributed by atoms with Gasteiger partial charge >= 0.3 is 0 Å². The Morgan fingerprint density at radius 1 is 1.05 bits per heavy atom. The molecule has 21 heavy (non-hydrogen) atoms. The molecule has 3 aliphatic carbocycles. The number of rotatable bonds is 0. The molecule has 0 amide bonds. The third kappa shape index (κ3) is 2.01. The van der Waals surface area contributed by atoms with Gasteiger partial charge in [0.1, 0.15) is 5.60 Å². The van der Waals surface area contributed by atoms with E-state index in [0.717, 1.165) is 30.6 Å². The van der Waals surface area contributed by atoms with Gasteiger partial charge in [-0.05, 0) is 87.5 Å². The minimum absolute atomic E-state index is 0.0329. The minimum atomic E-state index is -0.0329. The molecule has 2 nitrogen and oxygen atoms in total. The first-order valence-corrected chi connectivity index (χ1v) is 9.04. The van der Waals surface area contributed by atoms with Gasteiger partial charge in [0.15, 0.2) is 0 Å². The van der Waals surface area contributed by atoms with E-state index in [9.17, 15) is 5.11 Å². The maximum absolute atomic E-state index is 10.1. The predicted molar refractivity (Wildman–Crippen MR) is 83.6 cm³/mol. The van der Waals surface area contributed by atoms with E-state index in [1.807, 2.05) is 6.26 Å². The van der Waals surface area contributed by atoms with Gasteiger partial charge in [-0.15, -0.1) is 0 Å². The standard InChI is InChI=1S/C19H30O2/c1-18-9-7-14(20)12-13(18)5-6-15-16(18)8-10-19(2)17(15)4-3-11-21-19/h3,11,13-17,20H,4-10,12H2,1-2H3/t13-,14-,15+,16-,17-,18-,19-/m0/s1. The summed E-state index contributed by atoms with van der Waals surface area (Å²) in [6.45, 7) is 4.89. The summed E-state index contributed by atoms with van der Waals surface area (Å²) in [5, 5.41) is 10.1. The maximum atomic E-state index is 10.1. The molecule has 2 heteroatoms. The summed E-state index contributed by atoms with van der Waals surface area (Å²) >= 11 is 0. The van der Waals surface area contributed by atoms with Crippen LogP contribution >= 0.6 is 0 Å². The van der Waals surface area contributed by atoms with Gasteiger partial charge in [0, 0.05) is 5.92 Å². The van der Waals surface area contributed by atoms with Crippen molar-refractivity contribution < 1.29 is 9.84 Å². The Balaban J connectivity index is 1.63. The van der Waals surface area contributed by atoms with Crippen molar-refractivity contribution in [3.05, 3.63) is 12.3 Å². The molecule has 1 N–H and O–H groups in total. The predicted octanol–water partition coefficient (Wildman–Crippen LogP) is 4.28. The van der Waals surface area contributed by atoms with Gasteiger partial charge in [-0.3, -0.25) is 0 Å². The molecule has 1 heterocycles. The molecule has 4 rings (SSSR count). The van der Waals surface area contributed by atoms with E-state index in [-0.39, 0.29) is 11.7 Å². The average Bonchev–Trinajstić information content (AvgIpc) is 2.47. The molecular formula is C19H30O2. The number of allylic oxidation sites excluding steroid dienone is 1. The highest BCUT2D eigenvalue weighted by atomic mass is 16.5. The smallest absolute Gasteiger partial charge is 0.109 e. The van der Waals surface area contributed by atoms with E-state index < -0.39 is 0 Å². The fourth-order valence-electron chi connectivity index (χ4n) is 6.50. The maximum Gasteiger partial charge on any atom is 0.109 e. The molecule has 0 radical (unpaired) electrons. The lowest BCUT2D eigenvalue weighted by molar-refractivity contribution is -0.161. The van der Waals surface area contributed by atoms with Crippen molar-refractivity contribution in [2.45, 2.75) is 76.9 Å². The normalized spacial score (nSPS) is 55.9. The first kappa shape index (κ1) is 14.1. The second-order valence-electron chi connectivity index (χ2n) is 8.66. The summed E-state index contributed by atoms with van der Waals surface area (Å²) in [5.41, 5.74) is 0.567. The van der Waals surface area contributed by atoms with E-state index in [1.165, 1.54) is 38.5 Å². The fourth-order valence-corrected chi connectivity index (χ4v) is 6.50. The summed E-state index contributed by atoms with van der Waals surface area (Å²) in [6, 6.07) is 0. The molecule has 0 unspecified atom stereocenters. The van der Waals surface area contributed by atoms with Crippen LogP contribution in [0.5, 0.6) is 0 Å². The van der Waals surface area contributed by atoms with Crippen LogP contribution in [0.15, 0.2) is 12.3 Å². The van der Waals surface area contributed by atoms with Crippen LogP contribution in [0, 0.1) is 29.1 Å². The molecule has 3 fully saturated rings. The molecule has 0 spiro atoms. The molecular weight excluding hydrogens is 260 g/mol. The summed E-state index contributed by atoms with van der Waals surface area (Å²) in [6.07, 6.45) is 13.9. The molecule has 0 aromatic heterocycles. The zero-order valence-electron chi connectivity index (χ0n) is 13.6. The van der Waals surface area contributed by atoms with E-state index >= 15 is 0 Å². The van der Waals surface area contributed by atoms with Gasteiger partial charge in [0.25, 0.3) is 0 Å². The third-order valence-electron chi connectivity index (χ3n) is 7.79. The monoisotopic (exact) mass is 290 g/mol. The Morgan fingerprint density at radius 2 is 1.90 bits per heavy atom. The SMILES string of the molecule is C[C@]12CC[C@H](O)C[C@@H]1CC[C@@H]1[C@@H]2CC[C@]2(C)OC=CC[C@@H]12. The van der Waals surface area contributed by atoms with Gasteiger partial charge in [0.05, 0.1) is 12.4 Å².